The fourth-order valence-corrected chi connectivity index (χ4v) is 3.80. The molecule has 0 bridgehead atoms. The summed E-state index contributed by atoms with van der Waals surface area (Å²) in [6.45, 7) is 2.86. The second-order valence-electron chi connectivity index (χ2n) is 7.40. The van der Waals surface area contributed by atoms with Gasteiger partial charge < -0.3 is 15.5 Å². The molecule has 2 N–H and O–H groups in total. The van der Waals surface area contributed by atoms with E-state index >= 15 is 0 Å². The van der Waals surface area contributed by atoms with Crippen LogP contribution in [0.15, 0.2) is 67.3 Å². The molecule has 1 aliphatic rings. The summed E-state index contributed by atoms with van der Waals surface area (Å²) >= 11 is 5.91. The average Bonchev–Trinajstić information content (AvgIpc) is 2.80. The van der Waals surface area contributed by atoms with Gasteiger partial charge in [0.15, 0.2) is 0 Å². The zero-order chi connectivity index (χ0) is 20.8. The van der Waals surface area contributed by atoms with E-state index in [0.29, 0.717) is 22.2 Å². The average molecular weight is 495 g/mol. The van der Waals surface area contributed by atoms with Crippen LogP contribution in [-0.2, 0) is 0 Å². The van der Waals surface area contributed by atoms with E-state index in [1.807, 2.05) is 12.4 Å². The summed E-state index contributed by atoms with van der Waals surface area (Å²) in [5, 5.41) is 6.98. The SMILES string of the molecule is Cl.Cl.O=C(Nc1ccc(Cl)cc1)c1ccncc1NCC1CCN(c2ccncc2)CC1. The minimum absolute atomic E-state index is 0. The van der Waals surface area contributed by atoms with Gasteiger partial charge in [0.1, 0.15) is 0 Å². The number of anilines is 3. The van der Waals surface area contributed by atoms with Gasteiger partial charge >= 0.3 is 0 Å². The summed E-state index contributed by atoms with van der Waals surface area (Å²) in [7, 11) is 0. The molecule has 3 aromatic rings. The maximum atomic E-state index is 12.7. The van der Waals surface area contributed by atoms with Crippen LogP contribution in [0.2, 0.25) is 5.02 Å². The number of piperidine rings is 1. The Kier molecular flexibility index (Phi) is 10.0. The molecule has 32 heavy (non-hydrogen) atoms. The third-order valence-electron chi connectivity index (χ3n) is 5.39. The zero-order valence-corrected chi connectivity index (χ0v) is 19.8. The molecular formula is C23H26Cl3N5O. The number of carbonyl (C=O) groups is 1. The molecule has 0 radical (unpaired) electrons. The van der Waals surface area contributed by atoms with Crippen LogP contribution in [0, 0.1) is 5.92 Å². The summed E-state index contributed by atoms with van der Waals surface area (Å²) in [6, 6.07) is 12.9. The second kappa shape index (κ2) is 12.5. The van der Waals surface area contributed by atoms with Crippen LogP contribution >= 0.6 is 36.4 Å². The molecule has 1 aromatic carbocycles. The molecule has 170 valence electrons. The number of rotatable bonds is 6. The fourth-order valence-electron chi connectivity index (χ4n) is 3.67. The Labute approximate surface area is 205 Å². The lowest BCUT2D eigenvalue weighted by molar-refractivity contribution is 0.102. The van der Waals surface area contributed by atoms with Gasteiger partial charge in [-0.15, -0.1) is 24.8 Å². The predicted molar refractivity (Wildman–Crippen MR) is 136 cm³/mol. The van der Waals surface area contributed by atoms with Gasteiger partial charge in [-0.2, -0.15) is 0 Å². The van der Waals surface area contributed by atoms with Gasteiger partial charge in [-0.1, -0.05) is 11.6 Å². The number of nitrogens with zero attached hydrogens (tertiary/aromatic N) is 3. The first kappa shape index (κ1) is 25.7. The van der Waals surface area contributed by atoms with Gasteiger partial charge in [-0.25, -0.2) is 0 Å². The van der Waals surface area contributed by atoms with Crippen LogP contribution in [-0.4, -0.2) is 35.5 Å². The van der Waals surface area contributed by atoms with Gasteiger partial charge in [0, 0.05) is 54.6 Å². The van der Waals surface area contributed by atoms with E-state index < -0.39 is 0 Å². The molecule has 2 aromatic heterocycles. The summed E-state index contributed by atoms with van der Waals surface area (Å²) < 4.78 is 0. The molecule has 1 aliphatic heterocycles. The third-order valence-corrected chi connectivity index (χ3v) is 5.64. The van der Waals surface area contributed by atoms with Crippen LogP contribution in [0.1, 0.15) is 23.2 Å². The summed E-state index contributed by atoms with van der Waals surface area (Å²) in [5.74, 6) is 0.380. The molecule has 0 unspecified atom stereocenters. The lowest BCUT2D eigenvalue weighted by Gasteiger charge is -2.33. The number of halogens is 3. The summed E-state index contributed by atoms with van der Waals surface area (Å²) in [5.41, 5.74) is 3.26. The largest absolute Gasteiger partial charge is 0.383 e. The van der Waals surface area contributed by atoms with Crippen molar-refractivity contribution in [3.63, 3.8) is 0 Å². The highest BCUT2D eigenvalue weighted by Gasteiger charge is 2.20. The van der Waals surface area contributed by atoms with Gasteiger partial charge in [0.25, 0.3) is 5.91 Å². The molecule has 0 aliphatic carbocycles. The smallest absolute Gasteiger partial charge is 0.257 e. The van der Waals surface area contributed by atoms with Crippen molar-refractivity contribution < 1.29 is 4.79 Å². The lowest BCUT2D eigenvalue weighted by atomic mass is 9.96. The number of pyridine rings is 2. The number of hydrogen-bond donors (Lipinski definition) is 2. The Morgan fingerprint density at radius 2 is 1.62 bits per heavy atom. The zero-order valence-electron chi connectivity index (χ0n) is 17.4. The first-order valence-electron chi connectivity index (χ1n) is 10.1. The van der Waals surface area contributed by atoms with Gasteiger partial charge in [-0.3, -0.25) is 14.8 Å². The standard InChI is InChI=1S/C23H24ClN5O.2ClH/c24-18-1-3-19(4-2-18)28-23(30)21-7-12-26-16-22(21)27-15-17-8-13-29(14-9-17)20-5-10-25-11-6-20;;/h1-7,10-12,16-17,27H,8-9,13-15H2,(H,28,30);2*1H. The molecule has 1 amide bonds. The highest BCUT2D eigenvalue weighted by atomic mass is 35.5. The minimum Gasteiger partial charge on any atom is -0.383 e. The molecule has 0 atom stereocenters. The quantitative estimate of drug-likeness (QED) is 0.470. The van der Waals surface area contributed by atoms with E-state index in [2.05, 4.69) is 37.6 Å². The molecule has 1 fully saturated rings. The van der Waals surface area contributed by atoms with Crippen molar-refractivity contribution in [1.82, 2.24) is 9.97 Å². The lowest BCUT2D eigenvalue weighted by Crippen LogP contribution is -2.36. The van der Waals surface area contributed by atoms with Crippen molar-refractivity contribution in [2.45, 2.75) is 12.8 Å². The van der Waals surface area contributed by atoms with Gasteiger partial charge in [0.2, 0.25) is 0 Å². The number of hydrogen-bond acceptors (Lipinski definition) is 5. The van der Waals surface area contributed by atoms with E-state index in [-0.39, 0.29) is 30.7 Å². The van der Waals surface area contributed by atoms with Crippen molar-refractivity contribution >= 4 is 59.4 Å². The number of amides is 1. The topological polar surface area (TPSA) is 70.2 Å². The molecule has 3 heterocycles. The van der Waals surface area contributed by atoms with Crippen molar-refractivity contribution in [1.29, 1.82) is 0 Å². The van der Waals surface area contributed by atoms with E-state index in [4.69, 9.17) is 11.6 Å². The van der Waals surface area contributed by atoms with Gasteiger partial charge in [-0.05, 0) is 61.2 Å². The van der Waals surface area contributed by atoms with Crippen molar-refractivity contribution in [3.8, 4) is 0 Å². The van der Waals surface area contributed by atoms with Crippen molar-refractivity contribution in [3.05, 3.63) is 77.8 Å². The molecule has 0 spiro atoms. The number of nitrogens with one attached hydrogen (secondary N) is 2. The van der Waals surface area contributed by atoms with Crippen molar-refractivity contribution in [2.24, 2.45) is 5.92 Å². The summed E-state index contributed by atoms with van der Waals surface area (Å²) in [6.07, 6.45) is 9.21. The molecule has 6 nitrogen and oxygen atoms in total. The van der Waals surface area contributed by atoms with Gasteiger partial charge in [0.05, 0.1) is 17.4 Å². The molecule has 4 rings (SSSR count). The maximum Gasteiger partial charge on any atom is 0.257 e. The van der Waals surface area contributed by atoms with Crippen LogP contribution in [0.3, 0.4) is 0 Å². The van der Waals surface area contributed by atoms with E-state index in [1.54, 1.807) is 42.7 Å². The minimum atomic E-state index is -0.172. The van der Waals surface area contributed by atoms with E-state index in [9.17, 15) is 4.79 Å². The Hall–Kier alpha value is -2.54. The van der Waals surface area contributed by atoms with E-state index in [0.717, 1.165) is 38.2 Å². The first-order valence-corrected chi connectivity index (χ1v) is 10.5. The Morgan fingerprint density at radius 3 is 2.31 bits per heavy atom. The first-order chi connectivity index (χ1) is 14.7. The second-order valence-corrected chi connectivity index (χ2v) is 7.84. The Balaban J connectivity index is 0.00000181. The maximum absolute atomic E-state index is 12.7. The third kappa shape index (κ3) is 6.73. The Bertz CT molecular complexity index is 980. The van der Waals surface area contributed by atoms with Crippen LogP contribution in [0.25, 0.3) is 0 Å². The molecular weight excluding hydrogens is 469 g/mol. The van der Waals surface area contributed by atoms with Crippen molar-refractivity contribution in [2.75, 3.05) is 35.2 Å². The fraction of sp³-hybridized carbons (Fsp3) is 0.261. The number of aromatic nitrogens is 2. The van der Waals surface area contributed by atoms with Crippen LogP contribution in [0.4, 0.5) is 17.1 Å². The monoisotopic (exact) mass is 493 g/mol. The van der Waals surface area contributed by atoms with E-state index in [1.165, 1.54) is 5.69 Å². The Morgan fingerprint density at radius 1 is 0.969 bits per heavy atom. The molecule has 9 heteroatoms. The highest BCUT2D eigenvalue weighted by molar-refractivity contribution is 6.30. The molecule has 1 saturated heterocycles. The van der Waals surface area contributed by atoms with Crippen LogP contribution in [0.5, 0.6) is 0 Å². The number of carbonyl (C=O) groups excluding carboxylic acids is 1. The highest BCUT2D eigenvalue weighted by Crippen LogP contribution is 2.24. The predicted octanol–water partition coefficient (Wildman–Crippen LogP) is 5.55. The van der Waals surface area contributed by atoms with Crippen LogP contribution < -0.4 is 15.5 Å². The molecule has 0 saturated carbocycles. The number of benzene rings is 1. The summed E-state index contributed by atoms with van der Waals surface area (Å²) in [4.78, 5) is 23.4. The normalized spacial score (nSPS) is 13.5.